The minimum atomic E-state index is 0.593. The van der Waals surface area contributed by atoms with Gasteiger partial charge in [0.2, 0.25) is 0 Å². The number of rotatable bonds is 5. The average molecular weight is 288 g/mol. The van der Waals surface area contributed by atoms with Crippen molar-refractivity contribution in [3.05, 3.63) is 29.8 Å². The standard InChI is InChI=1S/C17H28N4/c1-19(2)7-8-20-9-11-21(12-10-20)14-16-13-15-5-3-4-6-17(15)18-16/h3-6,16,18H,7-14H2,1-2H3. The second-order valence-corrected chi connectivity index (χ2v) is 6.65. The first kappa shape index (κ1) is 14.8. The van der Waals surface area contributed by atoms with Crippen LogP contribution in [0.15, 0.2) is 24.3 Å². The molecule has 1 atom stereocenters. The largest absolute Gasteiger partial charge is 0.380 e. The van der Waals surface area contributed by atoms with Crippen molar-refractivity contribution < 1.29 is 0 Å². The van der Waals surface area contributed by atoms with E-state index < -0.39 is 0 Å². The van der Waals surface area contributed by atoms with E-state index in [0.29, 0.717) is 6.04 Å². The van der Waals surface area contributed by atoms with Gasteiger partial charge in [0, 0.05) is 57.5 Å². The van der Waals surface area contributed by atoms with E-state index in [9.17, 15) is 0 Å². The Morgan fingerprint density at radius 1 is 1.10 bits per heavy atom. The van der Waals surface area contributed by atoms with Crippen LogP contribution in [0.25, 0.3) is 0 Å². The Kier molecular flexibility index (Phi) is 4.78. The lowest BCUT2D eigenvalue weighted by Crippen LogP contribution is -2.50. The number of likely N-dealkylation sites (N-methyl/N-ethyl adjacent to an activating group) is 1. The number of fused-ring (bicyclic) bond motifs is 1. The van der Waals surface area contributed by atoms with Crippen molar-refractivity contribution in [3.8, 4) is 0 Å². The molecule has 0 saturated carbocycles. The van der Waals surface area contributed by atoms with E-state index in [-0.39, 0.29) is 0 Å². The number of anilines is 1. The molecule has 1 N–H and O–H groups in total. The van der Waals surface area contributed by atoms with Crippen LogP contribution >= 0.6 is 0 Å². The molecule has 0 spiro atoms. The lowest BCUT2D eigenvalue weighted by atomic mass is 10.1. The van der Waals surface area contributed by atoms with Crippen LogP contribution in [-0.2, 0) is 6.42 Å². The van der Waals surface area contributed by atoms with E-state index in [2.05, 4.69) is 58.4 Å². The molecule has 4 nitrogen and oxygen atoms in total. The molecule has 116 valence electrons. The van der Waals surface area contributed by atoms with Gasteiger partial charge in [-0.2, -0.15) is 0 Å². The third kappa shape index (κ3) is 3.96. The lowest BCUT2D eigenvalue weighted by Gasteiger charge is -2.36. The Hall–Kier alpha value is -1.10. The molecule has 1 fully saturated rings. The highest BCUT2D eigenvalue weighted by Crippen LogP contribution is 2.25. The van der Waals surface area contributed by atoms with E-state index in [4.69, 9.17) is 0 Å². The normalized spacial score (nSPS) is 23.3. The van der Waals surface area contributed by atoms with Gasteiger partial charge in [0.15, 0.2) is 0 Å². The summed E-state index contributed by atoms with van der Waals surface area (Å²) in [6.07, 6.45) is 1.18. The van der Waals surface area contributed by atoms with Gasteiger partial charge >= 0.3 is 0 Å². The van der Waals surface area contributed by atoms with Crippen LogP contribution in [0.3, 0.4) is 0 Å². The third-order valence-corrected chi connectivity index (χ3v) is 4.65. The van der Waals surface area contributed by atoms with E-state index in [1.807, 2.05) is 0 Å². The van der Waals surface area contributed by atoms with Gasteiger partial charge in [-0.05, 0) is 32.1 Å². The highest BCUT2D eigenvalue weighted by molar-refractivity contribution is 5.56. The molecular formula is C17H28N4. The summed E-state index contributed by atoms with van der Waals surface area (Å²) in [6, 6.07) is 9.32. The SMILES string of the molecule is CN(C)CCN1CCN(CC2Cc3ccccc3N2)CC1. The molecule has 1 unspecified atom stereocenters. The maximum absolute atomic E-state index is 3.67. The number of benzene rings is 1. The van der Waals surface area contributed by atoms with Crippen LogP contribution < -0.4 is 5.32 Å². The highest BCUT2D eigenvalue weighted by Gasteiger charge is 2.24. The Balaban J connectivity index is 1.41. The van der Waals surface area contributed by atoms with Gasteiger partial charge in [-0.1, -0.05) is 18.2 Å². The Labute approximate surface area is 128 Å². The third-order valence-electron chi connectivity index (χ3n) is 4.65. The van der Waals surface area contributed by atoms with Crippen molar-refractivity contribution in [2.75, 3.05) is 65.2 Å². The zero-order valence-corrected chi connectivity index (χ0v) is 13.4. The molecule has 0 radical (unpaired) electrons. The fourth-order valence-electron chi connectivity index (χ4n) is 3.33. The zero-order chi connectivity index (χ0) is 14.7. The zero-order valence-electron chi connectivity index (χ0n) is 13.4. The average Bonchev–Trinajstić information content (AvgIpc) is 2.88. The predicted octanol–water partition coefficient (Wildman–Crippen LogP) is 1.20. The van der Waals surface area contributed by atoms with E-state index in [1.54, 1.807) is 0 Å². The summed E-state index contributed by atoms with van der Waals surface area (Å²) in [6.45, 7) is 8.40. The molecule has 2 aliphatic rings. The molecule has 2 heterocycles. The van der Waals surface area contributed by atoms with Crippen LogP contribution in [0.4, 0.5) is 5.69 Å². The quantitative estimate of drug-likeness (QED) is 0.879. The first-order valence-electron chi connectivity index (χ1n) is 8.14. The first-order valence-corrected chi connectivity index (χ1v) is 8.14. The van der Waals surface area contributed by atoms with Crippen LogP contribution in [0.1, 0.15) is 5.56 Å². The molecule has 0 amide bonds. The molecule has 2 aliphatic heterocycles. The lowest BCUT2D eigenvalue weighted by molar-refractivity contribution is 0.122. The van der Waals surface area contributed by atoms with Crippen molar-refractivity contribution in [2.45, 2.75) is 12.5 Å². The number of hydrogen-bond donors (Lipinski definition) is 1. The molecule has 0 aromatic heterocycles. The number of nitrogens with one attached hydrogen (secondary N) is 1. The van der Waals surface area contributed by atoms with Crippen molar-refractivity contribution in [1.82, 2.24) is 14.7 Å². The van der Waals surface area contributed by atoms with Crippen LogP contribution in [0.5, 0.6) is 0 Å². The van der Waals surface area contributed by atoms with Gasteiger partial charge in [0.05, 0.1) is 0 Å². The van der Waals surface area contributed by atoms with E-state index in [0.717, 1.165) is 0 Å². The summed E-state index contributed by atoms with van der Waals surface area (Å²) < 4.78 is 0. The van der Waals surface area contributed by atoms with Gasteiger partial charge in [-0.15, -0.1) is 0 Å². The number of nitrogens with zero attached hydrogens (tertiary/aromatic N) is 3. The summed E-state index contributed by atoms with van der Waals surface area (Å²) in [5, 5.41) is 3.67. The second-order valence-electron chi connectivity index (χ2n) is 6.65. The van der Waals surface area contributed by atoms with Crippen molar-refractivity contribution in [2.24, 2.45) is 0 Å². The molecule has 1 aromatic rings. The molecule has 3 rings (SSSR count). The molecule has 1 saturated heterocycles. The molecule has 1 aromatic carbocycles. The number of hydrogen-bond acceptors (Lipinski definition) is 4. The van der Waals surface area contributed by atoms with E-state index >= 15 is 0 Å². The highest BCUT2D eigenvalue weighted by atomic mass is 15.3. The van der Waals surface area contributed by atoms with Gasteiger partial charge in [0.25, 0.3) is 0 Å². The molecule has 4 heteroatoms. The van der Waals surface area contributed by atoms with Gasteiger partial charge < -0.3 is 10.2 Å². The van der Waals surface area contributed by atoms with Crippen LogP contribution in [0.2, 0.25) is 0 Å². The van der Waals surface area contributed by atoms with Gasteiger partial charge in [-0.3, -0.25) is 9.80 Å². The Morgan fingerprint density at radius 3 is 2.52 bits per heavy atom. The van der Waals surface area contributed by atoms with Crippen LogP contribution in [0, 0.1) is 0 Å². The summed E-state index contributed by atoms with van der Waals surface area (Å²) >= 11 is 0. The minimum absolute atomic E-state index is 0.593. The Morgan fingerprint density at radius 2 is 1.81 bits per heavy atom. The molecule has 0 bridgehead atoms. The predicted molar refractivity (Wildman–Crippen MR) is 89.0 cm³/mol. The molecule has 21 heavy (non-hydrogen) atoms. The maximum atomic E-state index is 3.67. The van der Waals surface area contributed by atoms with Crippen molar-refractivity contribution in [1.29, 1.82) is 0 Å². The number of piperazine rings is 1. The number of para-hydroxylation sites is 1. The summed E-state index contributed by atoms with van der Waals surface area (Å²) in [4.78, 5) is 7.48. The van der Waals surface area contributed by atoms with Crippen molar-refractivity contribution >= 4 is 5.69 Å². The fourth-order valence-corrected chi connectivity index (χ4v) is 3.33. The van der Waals surface area contributed by atoms with Gasteiger partial charge in [0.1, 0.15) is 0 Å². The molecular weight excluding hydrogens is 260 g/mol. The monoisotopic (exact) mass is 288 g/mol. The summed E-state index contributed by atoms with van der Waals surface area (Å²) in [5.74, 6) is 0. The smallest absolute Gasteiger partial charge is 0.0429 e. The Bertz CT molecular complexity index is 427. The first-order chi connectivity index (χ1) is 10.2. The summed E-state index contributed by atoms with van der Waals surface area (Å²) in [7, 11) is 4.30. The maximum Gasteiger partial charge on any atom is 0.0429 e. The van der Waals surface area contributed by atoms with Gasteiger partial charge in [-0.25, -0.2) is 0 Å². The van der Waals surface area contributed by atoms with Crippen molar-refractivity contribution in [3.63, 3.8) is 0 Å². The fraction of sp³-hybridized carbons (Fsp3) is 0.647. The molecule has 0 aliphatic carbocycles. The van der Waals surface area contributed by atoms with E-state index in [1.165, 1.54) is 63.5 Å². The summed E-state index contributed by atoms with van der Waals surface area (Å²) in [5.41, 5.74) is 2.82. The topological polar surface area (TPSA) is 21.8 Å². The second kappa shape index (κ2) is 6.77. The van der Waals surface area contributed by atoms with Crippen LogP contribution in [-0.4, -0.2) is 80.7 Å². The minimum Gasteiger partial charge on any atom is -0.380 e.